The topological polar surface area (TPSA) is 75.8 Å². The lowest BCUT2D eigenvalue weighted by atomic mass is 9.98. The molecule has 0 spiro atoms. The van der Waals surface area contributed by atoms with Crippen LogP contribution in [0.3, 0.4) is 0 Å². The van der Waals surface area contributed by atoms with Gasteiger partial charge in [0.15, 0.2) is 17.4 Å². The molecule has 2 aromatic heterocycles. The minimum Gasteiger partial charge on any atom is -0.378 e. The van der Waals surface area contributed by atoms with E-state index in [1.165, 1.54) is 32.1 Å². The van der Waals surface area contributed by atoms with E-state index in [1.54, 1.807) is 0 Å². The molecule has 0 aromatic carbocycles. The van der Waals surface area contributed by atoms with Crippen LogP contribution in [0.4, 0.5) is 0 Å². The Hall–Kier alpha value is -2.15. The zero-order valence-electron chi connectivity index (χ0n) is 15.7. The summed E-state index contributed by atoms with van der Waals surface area (Å²) in [4.78, 5) is 4.62. The molecule has 1 aliphatic carbocycles. The second kappa shape index (κ2) is 10.1. The summed E-state index contributed by atoms with van der Waals surface area (Å²) in [5.41, 5.74) is 0.843. The highest BCUT2D eigenvalue weighted by molar-refractivity contribution is 5.79. The van der Waals surface area contributed by atoms with E-state index in [-0.39, 0.29) is 0 Å². The van der Waals surface area contributed by atoms with Crippen LogP contribution in [0.5, 0.6) is 0 Å². The molecule has 0 radical (unpaired) electrons. The summed E-state index contributed by atoms with van der Waals surface area (Å²) in [7, 11) is 0. The number of nitrogens with zero attached hydrogens (tertiary/aromatic N) is 4. The second-order valence-electron chi connectivity index (χ2n) is 6.65. The highest BCUT2D eigenvalue weighted by atomic mass is 16.5. The van der Waals surface area contributed by atoms with E-state index in [9.17, 15) is 0 Å². The number of nitrogens with one attached hydrogen (secondary N) is 2. The molecule has 26 heavy (non-hydrogen) atoms. The quantitative estimate of drug-likeness (QED) is 0.431. The summed E-state index contributed by atoms with van der Waals surface area (Å²) in [5, 5.41) is 15.0. The molecular formula is C19H30N6O. The number of pyridine rings is 1. The second-order valence-corrected chi connectivity index (χ2v) is 6.65. The van der Waals surface area contributed by atoms with Crippen molar-refractivity contribution in [3.8, 4) is 0 Å². The Balaban J connectivity index is 1.43. The molecule has 0 aliphatic heterocycles. The number of ether oxygens (including phenoxy) is 1. The number of aliphatic imine (C=N–C) groups is 1. The Bertz CT molecular complexity index is 692. The van der Waals surface area contributed by atoms with Gasteiger partial charge >= 0.3 is 0 Å². The van der Waals surface area contributed by atoms with Crippen molar-refractivity contribution in [1.82, 2.24) is 25.2 Å². The fourth-order valence-corrected chi connectivity index (χ4v) is 3.25. The molecule has 0 atom stereocenters. The molecule has 1 saturated carbocycles. The predicted molar refractivity (Wildman–Crippen MR) is 103 cm³/mol. The molecule has 0 unspecified atom stereocenters. The Morgan fingerprint density at radius 3 is 2.96 bits per heavy atom. The molecule has 0 amide bonds. The van der Waals surface area contributed by atoms with Gasteiger partial charge in [-0.25, -0.2) is 4.99 Å². The zero-order valence-corrected chi connectivity index (χ0v) is 15.7. The van der Waals surface area contributed by atoms with Crippen molar-refractivity contribution in [2.45, 2.75) is 58.1 Å². The molecule has 0 bridgehead atoms. The SMILES string of the molecule is CCNC(=NCc1nnc2ccccn12)NCCCOC1CCCCC1. The van der Waals surface area contributed by atoms with E-state index in [1.807, 2.05) is 28.8 Å². The van der Waals surface area contributed by atoms with Crippen LogP contribution in [-0.2, 0) is 11.3 Å². The first-order valence-electron chi connectivity index (χ1n) is 9.79. The molecule has 1 fully saturated rings. The van der Waals surface area contributed by atoms with Gasteiger partial charge in [-0.1, -0.05) is 25.3 Å². The zero-order chi connectivity index (χ0) is 18.0. The van der Waals surface area contributed by atoms with Crippen molar-refractivity contribution in [1.29, 1.82) is 0 Å². The minimum absolute atomic E-state index is 0.479. The molecule has 7 heteroatoms. The maximum absolute atomic E-state index is 5.97. The standard InChI is InChI=1S/C19H30N6O/c1-2-20-19(21-12-8-14-26-16-9-4-3-5-10-16)22-15-18-24-23-17-11-6-7-13-25(17)18/h6-7,11,13,16H,2-5,8-10,12,14-15H2,1H3,(H2,20,21,22). The van der Waals surface area contributed by atoms with Gasteiger partial charge in [0.25, 0.3) is 0 Å². The van der Waals surface area contributed by atoms with Crippen molar-refractivity contribution >= 4 is 11.6 Å². The maximum atomic E-state index is 5.97. The number of hydrogen-bond acceptors (Lipinski definition) is 4. The van der Waals surface area contributed by atoms with Gasteiger partial charge in [-0.15, -0.1) is 10.2 Å². The predicted octanol–water partition coefficient (Wildman–Crippen LogP) is 2.52. The molecule has 2 aromatic rings. The van der Waals surface area contributed by atoms with Crippen LogP contribution in [0.2, 0.25) is 0 Å². The van der Waals surface area contributed by atoms with Gasteiger partial charge in [0, 0.05) is 25.9 Å². The van der Waals surface area contributed by atoms with Gasteiger partial charge in [0.2, 0.25) is 0 Å². The molecule has 2 heterocycles. The molecule has 7 nitrogen and oxygen atoms in total. The van der Waals surface area contributed by atoms with Crippen LogP contribution in [0.25, 0.3) is 5.65 Å². The number of hydrogen-bond donors (Lipinski definition) is 2. The number of aromatic nitrogens is 3. The van der Waals surface area contributed by atoms with E-state index >= 15 is 0 Å². The van der Waals surface area contributed by atoms with E-state index in [0.717, 1.165) is 43.5 Å². The van der Waals surface area contributed by atoms with E-state index in [2.05, 4.69) is 32.7 Å². The van der Waals surface area contributed by atoms with Gasteiger partial charge in [-0.3, -0.25) is 4.40 Å². The van der Waals surface area contributed by atoms with Gasteiger partial charge in [0.1, 0.15) is 6.54 Å². The van der Waals surface area contributed by atoms with Crippen molar-refractivity contribution in [2.24, 2.45) is 4.99 Å². The molecule has 2 N–H and O–H groups in total. The van der Waals surface area contributed by atoms with Crippen LogP contribution >= 0.6 is 0 Å². The number of rotatable bonds is 8. The largest absolute Gasteiger partial charge is 0.378 e. The third-order valence-electron chi connectivity index (χ3n) is 4.63. The normalized spacial score (nSPS) is 16.1. The number of fused-ring (bicyclic) bond motifs is 1. The van der Waals surface area contributed by atoms with Crippen LogP contribution in [-0.4, -0.2) is 46.4 Å². The summed E-state index contributed by atoms with van der Waals surface area (Å²) >= 11 is 0. The summed E-state index contributed by atoms with van der Waals surface area (Å²) in [6.45, 7) is 5.03. The van der Waals surface area contributed by atoms with Gasteiger partial charge in [-0.2, -0.15) is 0 Å². The number of guanidine groups is 1. The first-order chi connectivity index (χ1) is 12.9. The third-order valence-corrected chi connectivity index (χ3v) is 4.63. The lowest BCUT2D eigenvalue weighted by molar-refractivity contribution is 0.0277. The lowest BCUT2D eigenvalue weighted by Gasteiger charge is -2.22. The summed E-state index contributed by atoms with van der Waals surface area (Å²) in [6.07, 6.45) is 9.87. The average Bonchev–Trinajstić information content (AvgIpc) is 3.10. The molecule has 142 valence electrons. The highest BCUT2D eigenvalue weighted by Gasteiger charge is 2.13. The molecule has 1 aliphatic rings. The Morgan fingerprint density at radius 2 is 2.12 bits per heavy atom. The van der Waals surface area contributed by atoms with Crippen molar-refractivity contribution in [2.75, 3.05) is 19.7 Å². The van der Waals surface area contributed by atoms with Crippen molar-refractivity contribution in [3.05, 3.63) is 30.2 Å². The molecule has 3 rings (SSSR count). The smallest absolute Gasteiger partial charge is 0.191 e. The Morgan fingerprint density at radius 1 is 1.23 bits per heavy atom. The summed E-state index contributed by atoms with van der Waals surface area (Å²) in [5.74, 6) is 1.64. The Labute approximate surface area is 155 Å². The average molecular weight is 358 g/mol. The molecular weight excluding hydrogens is 328 g/mol. The van der Waals surface area contributed by atoms with Crippen LogP contribution in [0.1, 0.15) is 51.3 Å². The Kier molecular flexibility index (Phi) is 7.25. The van der Waals surface area contributed by atoms with E-state index < -0.39 is 0 Å². The van der Waals surface area contributed by atoms with Crippen molar-refractivity contribution in [3.63, 3.8) is 0 Å². The van der Waals surface area contributed by atoms with Crippen LogP contribution in [0.15, 0.2) is 29.4 Å². The molecule has 0 saturated heterocycles. The van der Waals surface area contributed by atoms with E-state index in [0.29, 0.717) is 12.6 Å². The summed E-state index contributed by atoms with van der Waals surface area (Å²) < 4.78 is 7.93. The fourth-order valence-electron chi connectivity index (χ4n) is 3.25. The fraction of sp³-hybridized carbons (Fsp3) is 0.632. The third kappa shape index (κ3) is 5.42. The van der Waals surface area contributed by atoms with Gasteiger partial charge in [-0.05, 0) is 38.3 Å². The first-order valence-corrected chi connectivity index (χ1v) is 9.79. The van der Waals surface area contributed by atoms with E-state index in [4.69, 9.17) is 4.74 Å². The summed E-state index contributed by atoms with van der Waals surface area (Å²) in [6, 6.07) is 5.87. The van der Waals surface area contributed by atoms with Gasteiger partial charge in [0.05, 0.1) is 6.10 Å². The van der Waals surface area contributed by atoms with Crippen LogP contribution < -0.4 is 10.6 Å². The van der Waals surface area contributed by atoms with Crippen molar-refractivity contribution < 1.29 is 4.74 Å². The monoisotopic (exact) mass is 358 g/mol. The minimum atomic E-state index is 0.479. The van der Waals surface area contributed by atoms with Crippen LogP contribution in [0, 0.1) is 0 Å². The highest BCUT2D eigenvalue weighted by Crippen LogP contribution is 2.20. The first kappa shape index (κ1) is 18.6. The lowest BCUT2D eigenvalue weighted by Crippen LogP contribution is -2.38. The van der Waals surface area contributed by atoms with Gasteiger partial charge < -0.3 is 15.4 Å². The maximum Gasteiger partial charge on any atom is 0.191 e.